The van der Waals surface area contributed by atoms with Gasteiger partial charge in [-0.05, 0) is 40.5 Å². The SMILES string of the molecule is Cc1cnc(CNCc2ccc(F)c(Br)c2)o1. The number of nitrogens with one attached hydrogen (secondary N) is 1. The minimum absolute atomic E-state index is 0.253. The minimum atomic E-state index is -0.253. The van der Waals surface area contributed by atoms with Crippen LogP contribution in [0.4, 0.5) is 4.39 Å². The Kier molecular flexibility index (Phi) is 3.91. The van der Waals surface area contributed by atoms with Crippen LogP contribution in [0.3, 0.4) is 0 Å². The lowest BCUT2D eigenvalue weighted by Crippen LogP contribution is -2.12. The van der Waals surface area contributed by atoms with Crippen LogP contribution in [-0.2, 0) is 13.1 Å². The van der Waals surface area contributed by atoms with Gasteiger partial charge in [-0.25, -0.2) is 9.37 Å². The highest BCUT2D eigenvalue weighted by molar-refractivity contribution is 9.10. The van der Waals surface area contributed by atoms with Gasteiger partial charge in [0, 0.05) is 6.54 Å². The van der Waals surface area contributed by atoms with Gasteiger partial charge >= 0.3 is 0 Å². The Hall–Kier alpha value is -1.20. The van der Waals surface area contributed by atoms with E-state index in [1.165, 1.54) is 6.07 Å². The summed E-state index contributed by atoms with van der Waals surface area (Å²) in [7, 11) is 0. The fraction of sp³-hybridized carbons (Fsp3) is 0.250. The molecule has 0 spiro atoms. The van der Waals surface area contributed by atoms with E-state index in [-0.39, 0.29) is 5.82 Å². The molecule has 0 bridgehead atoms. The number of nitrogens with zero attached hydrogens (tertiary/aromatic N) is 1. The van der Waals surface area contributed by atoms with Crippen molar-refractivity contribution in [3.05, 3.63) is 51.9 Å². The summed E-state index contributed by atoms with van der Waals surface area (Å²) in [5.41, 5.74) is 1.00. The highest BCUT2D eigenvalue weighted by atomic mass is 79.9. The van der Waals surface area contributed by atoms with E-state index in [4.69, 9.17) is 4.42 Å². The number of hydrogen-bond donors (Lipinski definition) is 1. The summed E-state index contributed by atoms with van der Waals surface area (Å²) in [6.07, 6.45) is 1.69. The molecule has 0 aliphatic carbocycles. The molecule has 0 atom stereocenters. The van der Waals surface area contributed by atoms with Gasteiger partial charge in [0.15, 0.2) is 0 Å². The zero-order chi connectivity index (χ0) is 12.3. The number of aryl methyl sites for hydroxylation is 1. The first-order chi connectivity index (χ1) is 8.15. The summed E-state index contributed by atoms with van der Waals surface area (Å²) in [5, 5.41) is 3.18. The van der Waals surface area contributed by atoms with Crippen molar-refractivity contribution in [2.75, 3.05) is 0 Å². The summed E-state index contributed by atoms with van der Waals surface area (Å²) in [6.45, 7) is 3.05. The number of rotatable bonds is 4. The largest absolute Gasteiger partial charge is 0.445 e. The standard InChI is InChI=1S/C12H12BrFN2O/c1-8-5-16-12(17-8)7-15-6-9-2-3-11(14)10(13)4-9/h2-5,15H,6-7H2,1H3. The van der Waals surface area contributed by atoms with E-state index in [0.29, 0.717) is 23.5 Å². The van der Waals surface area contributed by atoms with Gasteiger partial charge in [0.05, 0.1) is 17.2 Å². The van der Waals surface area contributed by atoms with Crippen LogP contribution < -0.4 is 5.32 Å². The van der Waals surface area contributed by atoms with Crippen LogP contribution in [0.2, 0.25) is 0 Å². The lowest BCUT2D eigenvalue weighted by Gasteiger charge is -2.03. The fourth-order valence-electron chi connectivity index (χ4n) is 1.45. The summed E-state index contributed by atoms with van der Waals surface area (Å²) < 4.78 is 18.8. The maximum Gasteiger partial charge on any atom is 0.208 e. The van der Waals surface area contributed by atoms with E-state index in [2.05, 4.69) is 26.2 Å². The molecule has 2 aromatic rings. The Bertz CT molecular complexity index is 513. The molecule has 0 aliphatic heterocycles. The predicted molar refractivity (Wildman–Crippen MR) is 65.9 cm³/mol. The van der Waals surface area contributed by atoms with Crippen LogP contribution >= 0.6 is 15.9 Å². The number of aromatic nitrogens is 1. The molecule has 0 fully saturated rings. The Morgan fingerprint density at radius 3 is 2.88 bits per heavy atom. The van der Waals surface area contributed by atoms with Crippen molar-refractivity contribution in [2.45, 2.75) is 20.0 Å². The van der Waals surface area contributed by atoms with Gasteiger partial charge in [-0.3, -0.25) is 0 Å². The zero-order valence-electron chi connectivity index (χ0n) is 9.34. The van der Waals surface area contributed by atoms with Crippen molar-refractivity contribution < 1.29 is 8.81 Å². The summed E-state index contributed by atoms with van der Waals surface area (Å²) in [4.78, 5) is 4.08. The number of benzene rings is 1. The van der Waals surface area contributed by atoms with Gasteiger partial charge in [-0.1, -0.05) is 6.07 Å². The number of hydrogen-bond acceptors (Lipinski definition) is 3. The molecule has 0 saturated heterocycles. The Morgan fingerprint density at radius 2 is 2.24 bits per heavy atom. The van der Waals surface area contributed by atoms with Crippen molar-refractivity contribution in [3.63, 3.8) is 0 Å². The summed E-state index contributed by atoms with van der Waals surface area (Å²) >= 11 is 3.15. The van der Waals surface area contributed by atoms with E-state index >= 15 is 0 Å². The molecule has 1 N–H and O–H groups in total. The molecule has 90 valence electrons. The Morgan fingerprint density at radius 1 is 1.41 bits per heavy atom. The maximum atomic E-state index is 13.0. The van der Waals surface area contributed by atoms with Gasteiger partial charge in [0.2, 0.25) is 5.89 Å². The van der Waals surface area contributed by atoms with Crippen molar-refractivity contribution in [3.8, 4) is 0 Å². The van der Waals surface area contributed by atoms with Crippen LogP contribution in [0.25, 0.3) is 0 Å². The molecule has 0 aliphatic rings. The van der Waals surface area contributed by atoms with Crippen LogP contribution in [0.5, 0.6) is 0 Å². The van der Waals surface area contributed by atoms with Crippen molar-refractivity contribution in [2.24, 2.45) is 0 Å². The molecule has 0 unspecified atom stereocenters. The normalized spacial score (nSPS) is 10.8. The minimum Gasteiger partial charge on any atom is -0.445 e. The van der Waals surface area contributed by atoms with Crippen LogP contribution in [-0.4, -0.2) is 4.98 Å². The van der Waals surface area contributed by atoms with Gasteiger partial charge in [-0.15, -0.1) is 0 Å². The first-order valence-corrected chi connectivity index (χ1v) is 6.00. The van der Waals surface area contributed by atoms with Gasteiger partial charge in [0.25, 0.3) is 0 Å². The van der Waals surface area contributed by atoms with E-state index < -0.39 is 0 Å². The van der Waals surface area contributed by atoms with E-state index in [1.807, 2.05) is 6.92 Å². The summed E-state index contributed by atoms with van der Waals surface area (Å²) in [6, 6.07) is 4.94. The van der Waals surface area contributed by atoms with E-state index in [0.717, 1.165) is 11.3 Å². The van der Waals surface area contributed by atoms with Crippen molar-refractivity contribution in [1.29, 1.82) is 0 Å². The third kappa shape index (κ3) is 3.38. The van der Waals surface area contributed by atoms with Crippen LogP contribution in [0, 0.1) is 12.7 Å². The zero-order valence-corrected chi connectivity index (χ0v) is 10.9. The Labute approximate surface area is 107 Å². The topological polar surface area (TPSA) is 38.1 Å². The molecule has 1 aromatic heterocycles. The highest BCUT2D eigenvalue weighted by Gasteiger charge is 2.02. The second kappa shape index (κ2) is 5.42. The van der Waals surface area contributed by atoms with Crippen LogP contribution in [0.1, 0.15) is 17.2 Å². The number of oxazole rings is 1. The van der Waals surface area contributed by atoms with Crippen molar-refractivity contribution in [1.82, 2.24) is 10.3 Å². The van der Waals surface area contributed by atoms with Gasteiger partial charge in [0.1, 0.15) is 11.6 Å². The average Bonchev–Trinajstić information content (AvgIpc) is 2.70. The third-order valence-electron chi connectivity index (χ3n) is 2.26. The molecule has 1 heterocycles. The van der Waals surface area contributed by atoms with E-state index in [1.54, 1.807) is 18.3 Å². The molecule has 5 heteroatoms. The molecule has 0 radical (unpaired) electrons. The predicted octanol–water partition coefficient (Wildman–Crippen LogP) is 3.17. The molecule has 1 aromatic carbocycles. The second-order valence-corrected chi connectivity index (χ2v) is 4.57. The molecule has 0 amide bonds. The number of halogens is 2. The smallest absolute Gasteiger partial charge is 0.208 e. The van der Waals surface area contributed by atoms with Crippen LogP contribution in [0.15, 0.2) is 33.3 Å². The fourth-order valence-corrected chi connectivity index (χ4v) is 1.87. The lowest BCUT2D eigenvalue weighted by molar-refractivity contribution is 0.449. The lowest BCUT2D eigenvalue weighted by atomic mass is 10.2. The first-order valence-electron chi connectivity index (χ1n) is 5.21. The van der Waals surface area contributed by atoms with E-state index in [9.17, 15) is 4.39 Å². The van der Waals surface area contributed by atoms with Gasteiger partial charge < -0.3 is 9.73 Å². The monoisotopic (exact) mass is 298 g/mol. The second-order valence-electron chi connectivity index (χ2n) is 3.72. The molecule has 2 rings (SSSR count). The molecule has 17 heavy (non-hydrogen) atoms. The average molecular weight is 299 g/mol. The molecule has 0 saturated carbocycles. The molecular formula is C12H12BrFN2O. The molecular weight excluding hydrogens is 287 g/mol. The third-order valence-corrected chi connectivity index (χ3v) is 2.87. The first kappa shape index (κ1) is 12.3. The maximum absolute atomic E-state index is 13.0. The van der Waals surface area contributed by atoms with Crippen molar-refractivity contribution >= 4 is 15.9 Å². The quantitative estimate of drug-likeness (QED) is 0.942. The summed E-state index contributed by atoms with van der Waals surface area (Å²) in [5.74, 6) is 1.20. The Balaban J connectivity index is 1.87. The molecule has 3 nitrogen and oxygen atoms in total. The highest BCUT2D eigenvalue weighted by Crippen LogP contribution is 2.16. The van der Waals surface area contributed by atoms with Gasteiger partial charge in [-0.2, -0.15) is 0 Å².